The monoisotopic (exact) mass is 253 g/mol. The van der Waals surface area contributed by atoms with E-state index in [0.717, 1.165) is 17.9 Å². The van der Waals surface area contributed by atoms with Gasteiger partial charge < -0.3 is 10.6 Å². The number of hydrogen-bond donors (Lipinski definition) is 1. The van der Waals surface area contributed by atoms with Gasteiger partial charge in [-0.1, -0.05) is 0 Å². The third kappa shape index (κ3) is 2.46. The van der Waals surface area contributed by atoms with Crippen molar-refractivity contribution in [2.24, 2.45) is 0 Å². The van der Waals surface area contributed by atoms with Crippen molar-refractivity contribution in [3.05, 3.63) is 28.3 Å². The Hall–Kier alpha value is -1.43. The summed E-state index contributed by atoms with van der Waals surface area (Å²) in [5.41, 5.74) is 6.83. The summed E-state index contributed by atoms with van der Waals surface area (Å²) >= 11 is 1.94. The van der Waals surface area contributed by atoms with Gasteiger partial charge in [-0.2, -0.15) is 11.8 Å². The van der Waals surface area contributed by atoms with Gasteiger partial charge in [-0.15, -0.1) is 0 Å². The van der Waals surface area contributed by atoms with Crippen LogP contribution >= 0.6 is 11.8 Å². The number of nitrogen functional groups attached to an aromatic ring is 1. The number of nitrogens with zero attached hydrogens (tertiary/aromatic N) is 2. The molecule has 1 unspecified atom stereocenters. The molecular weight excluding hydrogens is 238 g/mol. The van der Waals surface area contributed by atoms with E-state index in [1.165, 1.54) is 11.8 Å². The van der Waals surface area contributed by atoms with Gasteiger partial charge in [-0.05, 0) is 24.3 Å². The molecule has 6 heteroatoms. The highest BCUT2D eigenvalue weighted by molar-refractivity contribution is 7.99. The molecule has 17 heavy (non-hydrogen) atoms. The Morgan fingerprint density at radius 2 is 2.35 bits per heavy atom. The lowest BCUT2D eigenvalue weighted by Gasteiger charge is -2.26. The van der Waals surface area contributed by atoms with Gasteiger partial charge in [0.1, 0.15) is 5.69 Å². The Labute approximate surface area is 104 Å². The Bertz CT molecular complexity index is 433. The highest BCUT2D eigenvalue weighted by Gasteiger charge is 2.21. The summed E-state index contributed by atoms with van der Waals surface area (Å²) in [6, 6.07) is 5.42. The second kappa shape index (κ2) is 4.83. The summed E-state index contributed by atoms with van der Waals surface area (Å²) in [5, 5.41) is 10.7. The quantitative estimate of drug-likeness (QED) is 0.507. The molecule has 1 heterocycles. The van der Waals surface area contributed by atoms with Crippen LogP contribution in [0.25, 0.3) is 0 Å². The maximum absolute atomic E-state index is 10.7. The number of nitrogens with two attached hydrogens (primary N) is 1. The van der Waals surface area contributed by atoms with E-state index in [1.54, 1.807) is 12.1 Å². The topological polar surface area (TPSA) is 72.4 Å². The maximum atomic E-state index is 10.7. The fourth-order valence-electron chi connectivity index (χ4n) is 1.97. The number of benzene rings is 1. The Balaban J connectivity index is 2.21. The van der Waals surface area contributed by atoms with Crippen LogP contribution in [0.4, 0.5) is 17.1 Å². The minimum Gasteiger partial charge on any atom is -0.393 e. The van der Waals surface area contributed by atoms with E-state index in [-0.39, 0.29) is 11.4 Å². The number of nitro benzene ring substituents is 1. The lowest BCUT2D eigenvalue weighted by atomic mass is 10.2. The van der Waals surface area contributed by atoms with Crippen molar-refractivity contribution in [3.8, 4) is 0 Å². The summed E-state index contributed by atoms with van der Waals surface area (Å²) in [5.74, 6) is 2.28. The van der Waals surface area contributed by atoms with E-state index >= 15 is 0 Å². The fourth-order valence-corrected chi connectivity index (χ4v) is 3.23. The van der Waals surface area contributed by atoms with Crippen molar-refractivity contribution >= 4 is 28.8 Å². The minimum absolute atomic E-state index is 0.0250. The second-order valence-corrected chi connectivity index (χ2v) is 5.28. The summed E-state index contributed by atoms with van der Waals surface area (Å²) in [7, 11) is 2.01. The van der Waals surface area contributed by atoms with Crippen molar-refractivity contribution in [3.63, 3.8) is 0 Å². The van der Waals surface area contributed by atoms with Gasteiger partial charge in [0.05, 0.1) is 4.92 Å². The van der Waals surface area contributed by atoms with Gasteiger partial charge in [0.25, 0.3) is 5.69 Å². The van der Waals surface area contributed by atoms with Crippen LogP contribution in [-0.4, -0.2) is 29.5 Å². The molecule has 1 aliphatic heterocycles. The summed E-state index contributed by atoms with van der Waals surface area (Å²) in [4.78, 5) is 12.4. The van der Waals surface area contributed by atoms with Crippen molar-refractivity contribution in [2.45, 2.75) is 12.5 Å². The summed E-state index contributed by atoms with van der Waals surface area (Å²) in [6.07, 6.45) is 1.15. The van der Waals surface area contributed by atoms with E-state index in [1.807, 2.05) is 18.8 Å². The minimum atomic E-state index is -0.454. The van der Waals surface area contributed by atoms with Gasteiger partial charge in [-0.25, -0.2) is 0 Å². The molecule has 1 fully saturated rings. The van der Waals surface area contributed by atoms with Gasteiger partial charge >= 0.3 is 0 Å². The van der Waals surface area contributed by atoms with Gasteiger partial charge in [-0.3, -0.25) is 10.1 Å². The molecule has 0 bridgehead atoms. The van der Waals surface area contributed by atoms with Crippen LogP contribution in [0.15, 0.2) is 18.2 Å². The van der Waals surface area contributed by atoms with Gasteiger partial charge in [0, 0.05) is 30.6 Å². The maximum Gasteiger partial charge on any atom is 0.292 e. The molecule has 1 atom stereocenters. The molecule has 1 aromatic rings. The predicted molar refractivity (Wildman–Crippen MR) is 71.6 cm³/mol. The lowest BCUT2D eigenvalue weighted by molar-refractivity contribution is -0.383. The van der Waals surface area contributed by atoms with E-state index in [2.05, 4.69) is 4.90 Å². The zero-order valence-electron chi connectivity index (χ0n) is 9.63. The Morgan fingerprint density at radius 3 is 2.88 bits per heavy atom. The van der Waals surface area contributed by atoms with Gasteiger partial charge in [0.2, 0.25) is 0 Å². The molecular formula is C11H15N3O2S. The molecule has 0 spiro atoms. The molecule has 0 radical (unpaired) electrons. The largest absolute Gasteiger partial charge is 0.393 e. The van der Waals surface area contributed by atoms with Crippen molar-refractivity contribution < 1.29 is 4.92 Å². The number of rotatable bonds is 3. The van der Waals surface area contributed by atoms with Crippen LogP contribution in [0.2, 0.25) is 0 Å². The number of hydrogen-bond acceptors (Lipinski definition) is 5. The molecule has 0 aromatic heterocycles. The summed E-state index contributed by atoms with van der Waals surface area (Å²) < 4.78 is 0. The molecule has 1 aliphatic rings. The molecule has 92 valence electrons. The zero-order chi connectivity index (χ0) is 12.4. The molecule has 1 aromatic carbocycles. The number of anilines is 2. The van der Waals surface area contributed by atoms with Crippen LogP contribution in [0, 0.1) is 10.1 Å². The Morgan fingerprint density at radius 1 is 1.59 bits per heavy atom. The van der Waals surface area contributed by atoms with Gasteiger partial charge in [0.15, 0.2) is 0 Å². The van der Waals surface area contributed by atoms with Crippen LogP contribution in [0.1, 0.15) is 6.42 Å². The predicted octanol–water partition coefficient (Wildman–Crippen LogP) is 2.12. The lowest BCUT2D eigenvalue weighted by Crippen LogP contribution is -2.31. The first kappa shape index (κ1) is 12.0. The average molecular weight is 253 g/mol. The average Bonchev–Trinajstić information content (AvgIpc) is 2.80. The molecule has 1 saturated heterocycles. The molecule has 2 N–H and O–H groups in total. The van der Waals surface area contributed by atoms with E-state index < -0.39 is 4.92 Å². The first-order valence-electron chi connectivity index (χ1n) is 5.44. The number of thioether (sulfide) groups is 1. The molecule has 0 saturated carbocycles. The molecule has 0 amide bonds. The SMILES string of the molecule is CN(c1ccc([N+](=O)[O-])c(N)c1)C1CCSC1. The first-order valence-corrected chi connectivity index (χ1v) is 6.59. The van der Waals surface area contributed by atoms with Crippen LogP contribution in [0.3, 0.4) is 0 Å². The smallest absolute Gasteiger partial charge is 0.292 e. The van der Waals surface area contributed by atoms with Crippen LogP contribution < -0.4 is 10.6 Å². The van der Waals surface area contributed by atoms with Crippen molar-refractivity contribution in [1.82, 2.24) is 0 Å². The van der Waals surface area contributed by atoms with Crippen molar-refractivity contribution in [2.75, 3.05) is 29.2 Å². The van der Waals surface area contributed by atoms with E-state index in [4.69, 9.17) is 5.73 Å². The molecule has 5 nitrogen and oxygen atoms in total. The van der Waals surface area contributed by atoms with Crippen molar-refractivity contribution in [1.29, 1.82) is 0 Å². The second-order valence-electron chi connectivity index (χ2n) is 4.13. The first-order chi connectivity index (χ1) is 8.09. The molecule has 2 rings (SSSR count). The summed E-state index contributed by atoms with van der Waals surface area (Å²) in [6.45, 7) is 0. The van der Waals surface area contributed by atoms with Crippen LogP contribution in [-0.2, 0) is 0 Å². The fraction of sp³-hybridized carbons (Fsp3) is 0.455. The highest BCUT2D eigenvalue weighted by Crippen LogP contribution is 2.30. The third-order valence-corrected chi connectivity index (χ3v) is 4.21. The zero-order valence-corrected chi connectivity index (χ0v) is 10.4. The van der Waals surface area contributed by atoms with E-state index in [9.17, 15) is 10.1 Å². The molecule has 0 aliphatic carbocycles. The Kier molecular flexibility index (Phi) is 3.42. The standard InChI is InChI=1S/C11H15N3O2S/c1-13(9-4-5-17-7-9)8-2-3-11(14(15)16)10(12)6-8/h2-3,6,9H,4-5,7,12H2,1H3. The van der Waals surface area contributed by atoms with E-state index in [0.29, 0.717) is 6.04 Å². The van der Waals surface area contributed by atoms with Crippen LogP contribution in [0.5, 0.6) is 0 Å². The normalized spacial score (nSPS) is 19.2. The number of nitro groups is 1. The third-order valence-electron chi connectivity index (χ3n) is 3.07. The highest BCUT2D eigenvalue weighted by atomic mass is 32.2.